The van der Waals surface area contributed by atoms with Gasteiger partial charge in [-0.05, 0) is 43.5 Å². The Morgan fingerprint density at radius 3 is 2.38 bits per heavy atom. The molecule has 0 saturated carbocycles. The predicted octanol–water partition coefficient (Wildman–Crippen LogP) is 3.38. The quantitative estimate of drug-likeness (QED) is 0.586. The van der Waals surface area contributed by atoms with Gasteiger partial charge in [-0.15, -0.1) is 0 Å². The second-order valence-electron chi connectivity index (χ2n) is 3.98. The van der Waals surface area contributed by atoms with E-state index in [1.54, 1.807) is 6.21 Å². The molecular weight excluding hydrogens is 216 g/mol. The summed E-state index contributed by atoms with van der Waals surface area (Å²) in [6.07, 6.45) is 5.63. The molecule has 1 aliphatic rings. The molecule has 0 aromatic heterocycles. The van der Waals surface area contributed by atoms with Crippen LogP contribution < -0.4 is 4.90 Å². The highest BCUT2D eigenvalue weighted by atomic mass is 32.1. The van der Waals surface area contributed by atoms with Crippen LogP contribution in [0.3, 0.4) is 0 Å². The molecule has 2 nitrogen and oxygen atoms in total. The van der Waals surface area contributed by atoms with E-state index in [0.717, 1.165) is 5.69 Å². The number of hydrogen-bond acceptors (Lipinski definition) is 3. The summed E-state index contributed by atoms with van der Waals surface area (Å²) < 4.78 is 0. The van der Waals surface area contributed by atoms with Gasteiger partial charge in [0.25, 0.3) is 0 Å². The van der Waals surface area contributed by atoms with Crippen LogP contribution in [-0.4, -0.2) is 24.7 Å². The molecule has 3 heteroatoms. The number of anilines is 1. The number of benzene rings is 1. The van der Waals surface area contributed by atoms with E-state index in [-0.39, 0.29) is 0 Å². The SMILES string of the molecule is S=CC=Nc1ccc(N2CCCCC2)cc1. The van der Waals surface area contributed by atoms with Crippen molar-refractivity contribution < 1.29 is 0 Å². The summed E-state index contributed by atoms with van der Waals surface area (Å²) in [7, 11) is 0. The maximum atomic E-state index is 4.70. The zero-order valence-corrected chi connectivity index (χ0v) is 10.1. The van der Waals surface area contributed by atoms with Crippen molar-refractivity contribution in [2.75, 3.05) is 18.0 Å². The van der Waals surface area contributed by atoms with Crippen LogP contribution in [0.25, 0.3) is 0 Å². The van der Waals surface area contributed by atoms with E-state index in [2.05, 4.69) is 22.0 Å². The summed E-state index contributed by atoms with van der Waals surface area (Å²) in [5.74, 6) is 0. The topological polar surface area (TPSA) is 15.6 Å². The van der Waals surface area contributed by atoms with Gasteiger partial charge in [-0.1, -0.05) is 12.2 Å². The minimum Gasteiger partial charge on any atom is -0.372 e. The van der Waals surface area contributed by atoms with Crippen molar-refractivity contribution >= 4 is 35.2 Å². The molecule has 84 valence electrons. The Morgan fingerprint density at radius 2 is 1.75 bits per heavy atom. The van der Waals surface area contributed by atoms with Crippen LogP contribution >= 0.6 is 12.2 Å². The lowest BCUT2D eigenvalue weighted by Gasteiger charge is -2.28. The highest BCUT2D eigenvalue weighted by Crippen LogP contribution is 2.22. The number of piperidine rings is 1. The Bertz CT molecular complexity index is 364. The minimum absolute atomic E-state index is 0.960. The van der Waals surface area contributed by atoms with Crippen molar-refractivity contribution in [3.05, 3.63) is 24.3 Å². The summed E-state index contributed by atoms with van der Waals surface area (Å²) >= 11 is 4.70. The Kier molecular flexibility index (Phi) is 4.05. The van der Waals surface area contributed by atoms with Crippen molar-refractivity contribution in [2.24, 2.45) is 4.99 Å². The summed E-state index contributed by atoms with van der Waals surface area (Å²) in [6, 6.07) is 8.36. The van der Waals surface area contributed by atoms with Crippen molar-refractivity contribution in [3.63, 3.8) is 0 Å². The molecule has 0 spiro atoms. The smallest absolute Gasteiger partial charge is 0.0631 e. The van der Waals surface area contributed by atoms with Crippen molar-refractivity contribution in [2.45, 2.75) is 19.3 Å². The number of rotatable bonds is 3. The molecule has 1 aliphatic heterocycles. The summed E-state index contributed by atoms with van der Waals surface area (Å²) in [4.78, 5) is 6.65. The van der Waals surface area contributed by atoms with Crippen molar-refractivity contribution in [3.8, 4) is 0 Å². The van der Waals surface area contributed by atoms with Gasteiger partial charge in [-0.2, -0.15) is 0 Å². The van der Waals surface area contributed by atoms with Crippen LogP contribution in [0.4, 0.5) is 11.4 Å². The van der Waals surface area contributed by atoms with Gasteiger partial charge < -0.3 is 4.90 Å². The average Bonchev–Trinajstić information content (AvgIpc) is 2.38. The van der Waals surface area contributed by atoms with Crippen molar-refractivity contribution in [1.29, 1.82) is 0 Å². The highest BCUT2D eigenvalue weighted by molar-refractivity contribution is 7.80. The number of aliphatic imine (C=N–C) groups is 1. The number of nitrogens with zero attached hydrogens (tertiary/aromatic N) is 2. The first-order chi connectivity index (χ1) is 7.90. The lowest BCUT2D eigenvalue weighted by Crippen LogP contribution is -2.29. The van der Waals surface area contributed by atoms with E-state index < -0.39 is 0 Å². The first-order valence-corrected chi connectivity index (χ1v) is 6.20. The van der Waals surface area contributed by atoms with E-state index in [9.17, 15) is 0 Å². The van der Waals surface area contributed by atoms with E-state index in [4.69, 9.17) is 12.2 Å². The molecule has 2 rings (SSSR count). The van der Waals surface area contributed by atoms with E-state index >= 15 is 0 Å². The van der Waals surface area contributed by atoms with Crippen LogP contribution in [0, 0.1) is 0 Å². The Balaban J connectivity index is 2.05. The highest BCUT2D eigenvalue weighted by Gasteiger charge is 2.09. The standard InChI is InChI=1S/C13H16N2S/c16-11-8-14-12-4-6-13(7-5-12)15-9-2-1-3-10-15/h4-8,11H,1-3,9-10H2. The van der Waals surface area contributed by atoms with E-state index in [1.165, 1.54) is 43.4 Å². The molecule has 1 aromatic carbocycles. The zero-order chi connectivity index (χ0) is 11.2. The molecule has 0 radical (unpaired) electrons. The molecule has 0 unspecified atom stereocenters. The molecule has 0 N–H and O–H groups in total. The van der Waals surface area contributed by atoms with Crippen molar-refractivity contribution in [1.82, 2.24) is 0 Å². The molecule has 0 aliphatic carbocycles. The van der Waals surface area contributed by atoms with Crippen LogP contribution in [-0.2, 0) is 0 Å². The van der Waals surface area contributed by atoms with Gasteiger partial charge in [0.2, 0.25) is 0 Å². The first-order valence-electron chi connectivity index (χ1n) is 5.73. The van der Waals surface area contributed by atoms with Gasteiger partial charge in [-0.3, -0.25) is 4.99 Å². The Labute approximate surface area is 102 Å². The van der Waals surface area contributed by atoms with Crippen LogP contribution in [0.1, 0.15) is 19.3 Å². The first kappa shape index (κ1) is 11.3. The van der Waals surface area contributed by atoms with E-state index in [1.807, 2.05) is 12.1 Å². The second kappa shape index (κ2) is 5.75. The zero-order valence-electron chi connectivity index (χ0n) is 9.30. The number of thiocarbonyl (C=S) groups is 1. The molecular formula is C13H16N2S. The fraction of sp³-hybridized carbons (Fsp3) is 0.385. The lowest BCUT2D eigenvalue weighted by atomic mass is 10.1. The van der Waals surface area contributed by atoms with Gasteiger partial charge in [0.05, 0.1) is 5.69 Å². The van der Waals surface area contributed by atoms with Crippen LogP contribution in [0.2, 0.25) is 0 Å². The predicted molar refractivity (Wildman–Crippen MR) is 74.3 cm³/mol. The molecule has 16 heavy (non-hydrogen) atoms. The third kappa shape index (κ3) is 2.89. The fourth-order valence-electron chi connectivity index (χ4n) is 2.02. The normalized spacial score (nSPS) is 16.6. The second-order valence-corrected chi connectivity index (χ2v) is 4.25. The minimum atomic E-state index is 0.960. The maximum Gasteiger partial charge on any atom is 0.0631 e. The monoisotopic (exact) mass is 232 g/mol. The summed E-state index contributed by atoms with van der Waals surface area (Å²) in [5, 5.41) is 1.53. The number of hydrogen-bond donors (Lipinski definition) is 0. The molecule has 1 fully saturated rings. The maximum absolute atomic E-state index is 4.70. The van der Waals surface area contributed by atoms with Gasteiger partial charge in [0.1, 0.15) is 0 Å². The van der Waals surface area contributed by atoms with Gasteiger partial charge in [0, 0.05) is 30.4 Å². The average molecular weight is 232 g/mol. The third-order valence-electron chi connectivity index (χ3n) is 2.86. The molecule has 1 aromatic rings. The lowest BCUT2D eigenvalue weighted by molar-refractivity contribution is 0.578. The Morgan fingerprint density at radius 1 is 1.06 bits per heavy atom. The molecule has 1 heterocycles. The van der Waals surface area contributed by atoms with Gasteiger partial charge >= 0.3 is 0 Å². The van der Waals surface area contributed by atoms with Gasteiger partial charge in [-0.25, -0.2) is 0 Å². The molecule has 0 bridgehead atoms. The third-order valence-corrected chi connectivity index (χ3v) is 2.98. The molecule has 0 amide bonds. The molecule has 1 saturated heterocycles. The van der Waals surface area contributed by atoms with Crippen LogP contribution in [0.15, 0.2) is 29.3 Å². The van der Waals surface area contributed by atoms with Gasteiger partial charge in [0.15, 0.2) is 0 Å². The Hall–Kier alpha value is -1.22. The van der Waals surface area contributed by atoms with Crippen LogP contribution in [0.5, 0.6) is 0 Å². The largest absolute Gasteiger partial charge is 0.372 e. The summed E-state index contributed by atoms with van der Waals surface area (Å²) in [6.45, 7) is 2.37. The fourth-order valence-corrected chi connectivity index (χ4v) is 2.08. The molecule has 0 atom stereocenters. The van der Waals surface area contributed by atoms with E-state index in [0.29, 0.717) is 0 Å². The summed E-state index contributed by atoms with van der Waals surface area (Å²) in [5.41, 5.74) is 2.27.